The number of nitrogens with two attached hydrogens (primary N) is 1. The van der Waals surface area contributed by atoms with Gasteiger partial charge < -0.3 is 29.6 Å². The second-order valence-corrected chi connectivity index (χ2v) is 10.6. The summed E-state index contributed by atoms with van der Waals surface area (Å²) in [7, 11) is 0. The summed E-state index contributed by atoms with van der Waals surface area (Å²) >= 11 is 0. The Labute approximate surface area is 240 Å². The number of esters is 1. The van der Waals surface area contributed by atoms with Crippen LogP contribution < -0.4 is 15.8 Å². The summed E-state index contributed by atoms with van der Waals surface area (Å²) in [6.45, 7) is 4.79. The van der Waals surface area contributed by atoms with Crippen LogP contribution in [0.1, 0.15) is 74.2 Å². The number of aromatic nitrogens is 4. The van der Waals surface area contributed by atoms with Crippen LogP contribution in [0.25, 0.3) is 22.8 Å². The lowest BCUT2D eigenvalue weighted by atomic mass is 10.0. The van der Waals surface area contributed by atoms with Crippen molar-refractivity contribution in [1.29, 1.82) is 0 Å². The van der Waals surface area contributed by atoms with Crippen LogP contribution >= 0.6 is 0 Å². The number of carbonyl (C=O) groups excluding carboxylic acids is 2. The van der Waals surface area contributed by atoms with E-state index in [9.17, 15) is 14.0 Å². The fourth-order valence-electron chi connectivity index (χ4n) is 4.06. The maximum absolute atomic E-state index is 15.0. The molecule has 0 bridgehead atoms. The van der Waals surface area contributed by atoms with Crippen LogP contribution in [-0.2, 0) is 9.53 Å². The first-order chi connectivity index (χ1) is 20.2. The first-order valence-corrected chi connectivity index (χ1v) is 13.6. The van der Waals surface area contributed by atoms with Gasteiger partial charge in [-0.1, -0.05) is 23.3 Å². The second-order valence-electron chi connectivity index (χ2n) is 10.6. The highest BCUT2D eigenvalue weighted by molar-refractivity contribution is 5.95. The van der Waals surface area contributed by atoms with E-state index in [0.29, 0.717) is 35.4 Å². The van der Waals surface area contributed by atoms with E-state index in [-0.39, 0.29) is 30.4 Å². The zero-order chi connectivity index (χ0) is 29.9. The summed E-state index contributed by atoms with van der Waals surface area (Å²) < 4.78 is 36.8. The number of nitrogens with zero attached hydrogens (tertiary/aromatic N) is 4. The molecule has 0 radical (unpaired) electrons. The van der Waals surface area contributed by atoms with E-state index in [0.717, 1.165) is 24.5 Å². The van der Waals surface area contributed by atoms with Crippen molar-refractivity contribution in [3.63, 3.8) is 0 Å². The van der Waals surface area contributed by atoms with Gasteiger partial charge in [0.15, 0.2) is 6.10 Å². The van der Waals surface area contributed by atoms with Gasteiger partial charge in [0, 0.05) is 17.0 Å². The lowest BCUT2D eigenvalue weighted by Gasteiger charge is -2.25. The van der Waals surface area contributed by atoms with Crippen molar-refractivity contribution in [2.75, 3.05) is 13.2 Å². The number of hydrogen-bond donors (Lipinski definition) is 2. The van der Waals surface area contributed by atoms with Gasteiger partial charge in [-0.25, -0.2) is 4.39 Å². The van der Waals surface area contributed by atoms with Gasteiger partial charge in [0.25, 0.3) is 11.8 Å². The number of hydrogen-bond acceptors (Lipinski definition) is 11. The summed E-state index contributed by atoms with van der Waals surface area (Å²) in [5.74, 6) is 0.478. The summed E-state index contributed by atoms with van der Waals surface area (Å²) in [6, 6.07) is 11.3. The van der Waals surface area contributed by atoms with Crippen LogP contribution in [0.4, 0.5) is 4.39 Å². The van der Waals surface area contributed by atoms with Crippen LogP contribution in [0.15, 0.2) is 51.5 Å². The smallest absolute Gasteiger partial charge is 0.319 e. The van der Waals surface area contributed by atoms with Crippen LogP contribution in [0, 0.1) is 5.82 Å². The van der Waals surface area contributed by atoms with Crippen molar-refractivity contribution in [3.8, 4) is 28.5 Å². The third-order valence-corrected chi connectivity index (χ3v) is 6.53. The largest absolute Gasteiger partial charge is 0.481 e. The van der Waals surface area contributed by atoms with E-state index < -0.39 is 29.3 Å². The molecular weight excluding hydrogens is 547 g/mol. The molecule has 2 heterocycles. The fraction of sp³-hybridized carbons (Fsp3) is 0.379. The average Bonchev–Trinajstić information content (AvgIpc) is 3.49. The molecule has 2 aromatic heterocycles. The molecule has 4 aromatic rings. The van der Waals surface area contributed by atoms with Gasteiger partial charge in [-0.2, -0.15) is 9.97 Å². The molecule has 1 aliphatic rings. The highest BCUT2D eigenvalue weighted by Crippen LogP contribution is 2.39. The van der Waals surface area contributed by atoms with E-state index in [1.807, 2.05) is 19.1 Å². The summed E-state index contributed by atoms with van der Waals surface area (Å²) in [4.78, 5) is 32.9. The summed E-state index contributed by atoms with van der Waals surface area (Å²) in [6.07, 6.45) is 2.15. The van der Waals surface area contributed by atoms with E-state index in [2.05, 4.69) is 25.6 Å². The number of ether oxygens (including phenoxy) is 2. The maximum atomic E-state index is 15.0. The SMILES string of the molecule is CCC(Oc1ccc(-c2noc(C3CC3)n2)cc1)c1nc(-c2ccc(C(=O)NC(C)(C)COC(=O)CN)c(F)c2)no1. The van der Waals surface area contributed by atoms with Gasteiger partial charge >= 0.3 is 5.97 Å². The summed E-state index contributed by atoms with van der Waals surface area (Å²) in [5.41, 5.74) is 5.22. The maximum Gasteiger partial charge on any atom is 0.319 e. The Morgan fingerprint density at radius 2 is 1.76 bits per heavy atom. The number of halogens is 1. The quantitative estimate of drug-likeness (QED) is 0.229. The lowest BCUT2D eigenvalue weighted by molar-refractivity contribution is -0.143. The number of carbonyl (C=O) groups is 2. The monoisotopic (exact) mass is 578 g/mol. The molecule has 0 aliphatic heterocycles. The minimum Gasteiger partial charge on any atom is -0.481 e. The molecule has 42 heavy (non-hydrogen) atoms. The number of amides is 1. The van der Waals surface area contributed by atoms with Gasteiger partial charge in [-0.05, 0) is 69.5 Å². The molecule has 13 heteroatoms. The minimum atomic E-state index is -0.947. The molecule has 2 aromatic carbocycles. The predicted octanol–water partition coefficient (Wildman–Crippen LogP) is 4.34. The van der Waals surface area contributed by atoms with Gasteiger partial charge in [-0.3, -0.25) is 9.59 Å². The molecule has 0 spiro atoms. The van der Waals surface area contributed by atoms with Gasteiger partial charge in [0.1, 0.15) is 18.2 Å². The average molecular weight is 579 g/mol. The third kappa shape index (κ3) is 6.79. The Bertz CT molecular complexity index is 1560. The normalized spacial score (nSPS) is 13.9. The minimum absolute atomic E-state index is 0.120. The molecular formula is C29H31FN6O6. The first-order valence-electron chi connectivity index (χ1n) is 13.6. The van der Waals surface area contributed by atoms with E-state index in [1.165, 1.54) is 12.1 Å². The number of rotatable bonds is 12. The van der Waals surface area contributed by atoms with Crippen LogP contribution in [0.2, 0.25) is 0 Å². The van der Waals surface area contributed by atoms with Crippen molar-refractivity contribution in [1.82, 2.24) is 25.6 Å². The molecule has 1 unspecified atom stereocenters. The highest BCUT2D eigenvalue weighted by Gasteiger charge is 2.30. The molecule has 5 rings (SSSR count). The van der Waals surface area contributed by atoms with E-state index in [4.69, 9.17) is 24.3 Å². The zero-order valence-corrected chi connectivity index (χ0v) is 23.4. The molecule has 1 atom stereocenters. The standard InChI is InChI=1S/C29H31FN6O6/c1-4-22(40-19-10-7-16(8-11-19)24-32-27(41-35-24)17-5-6-17)28-33-25(36-42-28)18-9-12-20(21(30)13-18)26(38)34-29(2,3)15-39-23(37)14-31/h7-13,17,22H,4-6,14-15,31H2,1-3H3,(H,34,38). The van der Waals surface area contributed by atoms with Crippen LogP contribution in [0.3, 0.4) is 0 Å². The van der Waals surface area contributed by atoms with E-state index in [1.54, 1.807) is 26.0 Å². The van der Waals surface area contributed by atoms with Crippen molar-refractivity contribution in [2.45, 2.75) is 57.6 Å². The second kappa shape index (κ2) is 12.1. The van der Waals surface area contributed by atoms with Gasteiger partial charge in [0.05, 0.1) is 17.6 Å². The topological polar surface area (TPSA) is 168 Å². The van der Waals surface area contributed by atoms with Crippen LogP contribution in [0.5, 0.6) is 5.75 Å². The Balaban J connectivity index is 1.22. The zero-order valence-electron chi connectivity index (χ0n) is 23.4. The van der Waals surface area contributed by atoms with Crippen molar-refractivity contribution in [2.24, 2.45) is 5.73 Å². The van der Waals surface area contributed by atoms with Crippen LogP contribution in [-0.4, -0.2) is 50.8 Å². The Morgan fingerprint density at radius 1 is 1.07 bits per heavy atom. The van der Waals surface area contributed by atoms with Crippen molar-refractivity contribution in [3.05, 3.63) is 65.6 Å². The molecule has 220 valence electrons. The third-order valence-electron chi connectivity index (χ3n) is 6.53. The Morgan fingerprint density at radius 3 is 2.43 bits per heavy atom. The molecule has 1 saturated carbocycles. The lowest BCUT2D eigenvalue weighted by Crippen LogP contribution is -2.48. The van der Waals surface area contributed by atoms with Gasteiger partial charge in [0.2, 0.25) is 17.5 Å². The van der Waals surface area contributed by atoms with E-state index >= 15 is 0 Å². The number of nitrogens with one attached hydrogen (secondary N) is 1. The molecule has 1 aliphatic carbocycles. The molecule has 1 fully saturated rings. The highest BCUT2D eigenvalue weighted by atomic mass is 19.1. The Kier molecular flexibility index (Phi) is 8.29. The number of benzene rings is 2. The first kappa shape index (κ1) is 28.9. The molecule has 1 amide bonds. The fourth-order valence-corrected chi connectivity index (χ4v) is 4.06. The predicted molar refractivity (Wildman–Crippen MR) is 147 cm³/mol. The molecule has 3 N–H and O–H groups in total. The van der Waals surface area contributed by atoms with Crippen molar-refractivity contribution < 1.29 is 32.5 Å². The van der Waals surface area contributed by atoms with Crippen molar-refractivity contribution >= 4 is 11.9 Å². The molecule has 12 nitrogen and oxygen atoms in total. The Hall–Kier alpha value is -4.65. The summed E-state index contributed by atoms with van der Waals surface area (Å²) in [5, 5.41) is 10.7. The van der Waals surface area contributed by atoms with Gasteiger partial charge in [-0.15, -0.1) is 0 Å². The molecule has 0 saturated heterocycles.